The number of anilines is 1. The molecule has 1 aliphatic heterocycles. The molecule has 1 aliphatic carbocycles. The molecule has 0 bridgehead atoms. The van der Waals surface area contributed by atoms with E-state index in [0.717, 1.165) is 12.8 Å². The Morgan fingerprint density at radius 3 is 2.65 bits per heavy atom. The molecule has 1 aromatic heterocycles. The highest BCUT2D eigenvalue weighted by molar-refractivity contribution is 5.89. The van der Waals surface area contributed by atoms with Crippen LogP contribution in [0.5, 0.6) is 0 Å². The largest absolute Gasteiger partial charge is 0.455 e. The Labute approximate surface area is 129 Å². The average molecular weight is 324 g/mol. The van der Waals surface area contributed by atoms with E-state index in [1.54, 1.807) is 0 Å². The Hall–Kier alpha value is -2.35. The lowest BCUT2D eigenvalue weighted by atomic mass is 10.1. The number of hydrogen-bond acceptors (Lipinski definition) is 6. The first-order chi connectivity index (χ1) is 11.1. The summed E-state index contributed by atoms with van der Waals surface area (Å²) in [5, 5.41) is 17.0. The van der Waals surface area contributed by atoms with Crippen molar-refractivity contribution in [3.05, 3.63) is 35.8 Å². The van der Waals surface area contributed by atoms with Gasteiger partial charge in [-0.1, -0.05) is 5.16 Å². The van der Waals surface area contributed by atoms with E-state index in [2.05, 4.69) is 10.5 Å². The lowest BCUT2D eigenvalue weighted by molar-refractivity contribution is -0.0274. The highest BCUT2D eigenvalue weighted by atomic mass is 19.2. The van der Waals surface area contributed by atoms with E-state index in [9.17, 15) is 13.9 Å². The molecule has 0 amide bonds. The number of ether oxygens (including phenoxy) is 2. The summed E-state index contributed by atoms with van der Waals surface area (Å²) in [4.78, 5) is 0. The smallest absolute Gasteiger partial charge is 0.269 e. The van der Waals surface area contributed by atoms with Crippen LogP contribution in [0, 0.1) is 11.6 Å². The second-order valence-electron chi connectivity index (χ2n) is 5.63. The lowest BCUT2D eigenvalue weighted by Crippen LogP contribution is -2.28. The van der Waals surface area contributed by atoms with Gasteiger partial charge in [-0.2, -0.15) is 4.39 Å². The molecule has 2 atom stereocenters. The molecule has 2 heterocycles. The van der Waals surface area contributed by atoms with Crippen molar-refractivity contribution in [2.24, 2.45) is 0 Å². The zero-order valence-corrected chi connectivity index (χ0v) is 12.0. The van der Waals surface area contributed by atoms with Gasteiger partial charge in [-0.3, -0.25) is 0 Å². The van der Waals surface area contributed by atoms with Crippen LogP contribution < -0.4 is 5.32 Å². The topological polar surface area (TPSA) is 76.8 Å². The van der Waals surface area contributed by atoms with Crippen LogP contribution in [0.15, 0.2) is 23.1 Å². The molecule has 4 rings (SSSR count). The van der Waals surface area contributed by atoms with Crippen LogP contribution in [0.25, 0.3) is 11.0 Å². The van der Waals surface area contributed by atoms with Crippen LogP contribution >= 0.6 is 0 Å². The predicted molar refractivity (Wildman–Crippen MR) is 75.2 cm³/mol. The predicted octanol–water partition coefficient (Wildman–Crippen LogP) is 2.95. The zero-order valence-electron chi connectivity index (χ0n) is 12.0. The fourth-order valence-electron chi connectivity index (χ4n) is 2.98. The van der Waals surface area contributed by atoms with Gasteiger partial charge < -0.3 is 24.4 Å². The minimum absolute atomic E-state index is 0.0850. The second kappa shape index (κ2) is 5.38. The van der Waals surface area contributed by atoms with Crippen molar-refractivity contribution in [1.29, 1.82) is 0 Å². The van der Waals surface area contributed by atoms with E-state index in [1.807, 2.05) is 0 Å². The van der Waals surface area contributed by atoms with Crippen LogP contribution in [-0.2, 0) is 9.47 Å². The van der Waals surface area contributed by atoms with Crippen LogP contribution in [0.3, 0.4) is 0 Å². The molecule has 0 unspecified atom stereocenters. The highest BCUT2D eigenvalue weighted by Gasteiger charge is 2.30. The normalized spacial score (nSPS) is 24.1. The minimum atomic E-state index is -1.15. The van der Waals surface area contributed by atoms with Gasteiger partial charge >= 0.3 is 0 Å². The molecule has 8 heteroatoms. The van der Waals surface area contributed by atoms with E-state index in [4.69, 9.17) is 14.0 Å². The lowest BCUT2D eigenvalue weighted by Gasteiger charge is -2.16. The van der Waals surface area contributed by atoms with Gasteiger partial charge in [-0.05, 0) is 25.3 Å². The molecule has 0 spiro atoms. The quantitative estimate of drug-likeness (QED) is 0.904. The fraction of sp³-hybridized carbons (Fsp3) is 0.400. The van der Waals surface area contributed by atoms with Gasteiger partial charge in [0, 0.05) is 0 Å². The Morgan fingerprint density at radius 1 is 1.17 bits per heavy atom. The van der Waals surface area contributed by atoms with Gasteiger partial charge in [0.2, 0.25) is 11.4 Å². The first-order valence-corrected chi connectivity index (χ1v) is 7.33. The van der Waals surface area contributed by atoms with E-state index in [-0.39, 0.29) is 28.4 Å². The Kier molecular flexibility index (Phi) is 3.33. The number of nitrogens with one attached hydrogen (secondary N) is 1. The van der Waals surface area contributed by atoms with Crippen LogP contribution in [0.2, 0.25) is 0 Å². The Bertz CT molecular complexity index is 768. The van der Waals surface area contributed by atoms with E-state index in [1.165, 1.54) is 18.6 Å². The van der Waals surface area contributed by atoms with Gasteiger partial charge in [-0.15, -0.1) is 0 Å². The van der Waals surface area contributed by atoms with Crippen molar-refractivity contribution >= 4 is 16.8 Å². The van der Waals surface area contributed by atoms with Crippen molar-refractivity contribution in [2.45, 2.75) is 37.7 Å². The summed E-state index contributed by atoms with van der Waals surface area (Å²) in [5.41, 5.74) is -0.370. The molecule has 0 saturated heterocycles. The number of halogens is 2. The molecule has 6 nitrogen and oxygen atoms in total. The fourth-order valence-corrected chi connectivity index (χ4v) is 2.98. The van der Waals surface area contributed by atoms with Crippen molar-refractivity contribution in [1.82, 2.24) is 5.16 Å². The van der Waals surface area contributed by atoms with Gasteiger partial charge in [0.25, 0.3) is 6.29 Å². The molecule has 2 aliphatic rings. The third kappa shape index (κ3) is 2.29. The SMILES string of the molecule is O[C@@H]1CCC[C@H]1Nc1noc2c(F)c(F)c(C3OC=CO3)cc12. The van der Waals surface area contributed by atoms with E-state index in [0.29, 0.717) is 6.42 Å². The number of hydrogen-bond donors (Lipinski definition) is 2. The molecule has 2 N–H and O–H groups in total. The third-order valence-corrected chi connectivity index (χ3v) is 4.19. The van der Waals surface area contributed by atoms with Crippen LogP contribution in [0.1, 0.15) is 31.1 Å². The summed E-state index contributed by atoms with van der Waals surface area (Å²) in [6.45, 7) is 0. The molecule has 1 fully saturated rings. The standard InChI is InChI=1S/C15H14F2N2O4/c16-11-7(15-21-4-5-22-15)6-8-13(12(11)17)23-19-14(8)18-9-2-1-3-10(9)20/h4-6,9-10,15,20H,1-3H2,(H,18,19)/t9-,10-/m1/s1. The summed E-state index contributed by atoms with van der Waals surface area (Å²) in [7, 11) is 0. The van der Waals surface area contributed by atoms with Gasteiger partial charge in [0.1, 0.15) is 12.5 Å². The second-order valence-corrected chi connectivity index (χ2v) is 5.63. The third-order valence-electron chi connectivity index (χ3n) is 4.19. The number of aliphatic hydroxyl groups is 1. The summed E-state index contributed by atoms with van der Waals surface area (Å²) in [6, 6.07) is 1.19. The maximum atomic E-state index is 14.2. The van der Waals surface area contributed by atoms with Crippen molar-refractivity contribution < 1.29 is 27.9 Å². The maximum absolute atomic E-state index is 14.2. The van der Waals surface area contributed by atoms with Gasteiger partial charge in [0.05, 0.1) is 23.1 Å². The average Bonchev–Trinajstić information content (AvgIpc) is 3.26. The number of rotatable bonds is 3. The number of aromatic nitrogens is 1. The number of benzene rings is 1. The van der Waals surface area contributed by atoms with Crippen molar-refractivity contribution in [3.63, 3.8) is 0 Å². The zero-order chi connectivity index (χ0) is 16.0. The molecule has 122 valence electrons. The first kappa shape index (κ1) is 14.3. The molecular weight excluding hydrogens is 310 g/mol. The molecule has 0 radical (unpaired) electrons. The van der Waals surface area contributed by atoms with Crippen molar-refractivity contribution in [2.75, 3.05) is 5.32 Å². The van der Waals surface area contributed by atoms with Gasteiger partial charge in [0.15, 0.2) is 11.6 Å². The summed E-state index contributed by atoms with van der Waals surface area (Å²) in [5.74, 6) is -1.99. The van der Waals surface area contributed by atoms with Crippen molar-refractivity contribution in [3.8, 4) is 0 Å². The molecular formula is C15H14F2N2O4. The monoisotopic (exact) mass is 324 g/mol. The molecule has 2 aromatic rings. The maximum Gasteiger partial charge on any atom is 0.269 e. The number of fused-ring (bicyclic) bond motifs is 1. The van der Waals surface area contributed by atoms with E-state index >= 15 is 0 Å². The van der Waals surface area contributed by atoms with Crippen LogP contribution in [0.4, 0.5) is 14.6 Å². The molecule has 1 aromatic carbocycles. The molecule has 23 heavy (non-hydrogen) atoms. The summed E-state index contributed by atoms with van der Waals surface area (Å²) < 4.78 is 43.4. The van der Waals surface area contributed by atoms with Crippen LogP contribution in [-0.4, -0.2) is 22.4 Å². The van der Waals surface area contributed by atoms with Gasteiger partial charge in [-0.25, -0.2) is 4.39 Å². The number of nitrogens with zero attached hydrogens (tertiary/aromatic N) is 1. The number of aliphatic hydroxyl groups excluding tert-OH is 1. The molecule has 1 saturated carbocycles. The highest BCUT2D eigenvalue weighted by Crippen LogP contribution is 2.35. The Balaban J connectivity index is 1.74. The van der Waals surface area contributed by atoms with E-state index < -0.39 is 24.0 Å². The summed E-state index contributed by atoms with van der Waals surface area (Å²) in [6.07, 6.45) is 3.31. The minimum Gasteiger partial charge on any atom is -0.455 e. The Morgan fingerprint density at radius 2 is 1.96 bits per heavy atom. The first-order valence-electron chi connectivity index (χ1n) is 7.33. The summed E-state index contributed by atoms with van der Waals surface area (Å²) >= 11 is 0.